The predicted octanol–water partition coefficient (Wildman–Crippen LogP) is 5.55. The first-order valence-corrected chi connectivity index (χ1v) is 6.74. The van der Waals surface area contributed by atoms with Gasteiger partial charge in [-0.25, -0.2) is 8.78 Å². The molecule has 1 nitrogen and oxygen atoms in total. The third-order valence-corrected chi connectivity index (χ3v) is 3.27. The van der Waals surface area contributed by atoms with Crippen molar-refractivity contribution in [1.82, 2.24) is 0 Å². The van der Waals surface area contributed by atoms with Gasteiger partial charge in [-0.15, -0.1) is 0 Å². The Bertz CT molecular complexity index is 653. The summed E-state index contributed by atoms with van der Waals surface area (Å²) in [5.41, 5.74) is 0.0398. The molecule has 1 aromatic rings. The van der Waals surface area contributed by atoms with Crippen molar-refractivity contribution in [2.75, 3.05) is 6.54 Å². The first kappa shape index (κ1) is 23.1. The van der Waals surface area contributed by atoms with Crippen LogP contribution in [0.3, 0.4) is 0 Å². The summed E-state index contributed by atoms with van der Waals surface area (Å²) < 4.78 is 155. The van der Waals surface area contributed by atoms with E-state index in [2.05, 4.69) is 4.99 Å². The SMILES string of the molecule is FC(F)C(F)(F)C(F)(F)C(F)(F)C(F)(F)C(F)(F)CN=Cc1ccccc1. The number of rotatable bonds is 8. The van der Waals surface area contributed by atoms with Crippen molar-refractivity contribution in [3.63, 3.8) is 0 Å². The molecule has 0 saturated carbocycles. The highest BCUT2D eigenvalue weighted by Gasteiger charge is 2.87. The normalized spacial score (nSPS) is 15.0. The Morgan fingerprint density at radius 3 is 1.67 bits per heavy atom. The van der Waals surface area contributed by atoms with Crippen LogP contribution in [-0.4, -0.2) is 48.8 Å². The first-order chi connectivity index (χ1) is 12.0. The number of alkyl halides is 12. The van der Waals surface area contributed by atoms with E-state index in [1.165, 1.54) is 30.3 Å². The topological polar surface area (TPSA) is 12.4 Å². The molecule has 13 heteroatoms. The molecule has 0 spiro atoms. The molecule has 0 radical (unpaired) electrons. The van der Waals surface area contributed by atoms with Crippen molar-refractivity contribution in [1.29, 1.82) is 0 Å². The van der Waals surface area contributed by atoms with Gasteiger partial charge in [-0.05, 0) is 5.56 Å². The summed E-state index contributed by atoms with van der Waals surface area (Å²) in [4.78, 5) is 2.70. The third kappa shape index (κ3) is 3.86. The summed E-state index contributed by atoms with van der Waals surface area (Å²) in [6.07, 6.45) is -5.01. The van der Waals surface area contributed by atoms with Crippen molar-refractivity contribution in [3.05, 3.63) is 35.9 Å². The molecule has 27 heavy (non-hydrogen) atoms. The first-order valence-electron chi connectivity index (χ1n) is 6.74. The average Bonchev–Trinajstić information content (AvgIpc) is 2.54. The molecule has 0 unspecified atom stereocenters. The zero-order chi connectivity index (χ0) is 21.3. The van der Waals surface area contributed by atoms with Crippen LogP contribution in [-0.2, 0) is 0 Å². The molecule has 0 N–H and O–H groups in total. The highest BCUT2D eigenvalue weighted by Crippen LogP contribution is 2.58. The molecule has 0 aromatic heterocycles. The second-order valence-corrected chi connectivity index (χ2v) is 5.23. The van der Waals surface area contributed by atoms with Crippen LogP contribution >= 0.6 is 0 Å². The van der Waals surface area contributed by atoms with Crippen LogP contribution in [0.5, 0.6) is 0 Å². The van der Waals surface area contributed by atoms with Gasteiger partial charge >= 0.3 is 36.0 Å². The lowest BCUT2D eigenvalue weighted by atomic mass is 9.94. The number of aliphatic imine (C=N–C) groups is 1. The Balaban J connectivity index is 3.18. The highest BCUT2D eigenvalue weighted by atomic mass is 19.4. The zero-order valence-corrected chi connectivity index (χ0v) is 12.7. The molecular weight excluding hydrogens is 410 g/mol. The second kappa shape index (κ2) is 7.23. The highest BCUT2D eigenvalue weighted by molar-refractivity contribution is 5.79. The van der Waals surface area contributed by atoms with E-state index < -0.39 is 42.6 Å². The summed E-state index contributed by atoms with van der Waals surface area (Å²) in [5.74, 6) is -35.2. The molecule has 0 fully saturated rings. The molecule has 1 rings (SSSR count). The van der Waals surface area contributed by atoms with E-state index >= 15 is 0 Å². The van der Waals surface area contributed by atoms with Crippen LogP contribution in [0.25, 0.3) is 0 Å². The van der Waals surface area contributed by atoms with Crippen molar-refractivity contribution >= 4 is 6.21 Å². The summed E-state index contributed by atoms with van der Waals surface area (Å²) in [7, 11) is 0. The minimum atomic E-state index is -7.52. The predicted molar refractivity (Wildman–Crippen MR) is 69.6 cm³/mol. The fourth-order valence-electron chi connectivity index (χ4n) is 1.68. The largest absolute Gasteiger partial charge is 0.384 e. The van der Waals surface area contributed by atoms with E-state index in [0.717, 1.165) is 0 Å². The fraction of sp³-hybridized carbons (Fsp3) is 0.500. The number of nitrogens with zero attached hydrogens (tertiary/aromatic N) is 1. The van der Waals surface area contributed by atoms with E-state index in [9.17, 15) is 52.7 Å². The lowest BCUT2D eigenvalue weighted by molar-refractivity contribution is -0.411. The maximum atomic E-state index is 13.4. The number of halogens is 12. The monoisotopic (exact) mass is 419 g/mol. The van der Waals surface area contributed by atoms with Crippen LogP contribution in [0.2, 0.25) is 0 Å². The number of hydrogen-bond donors (Lipinski definition) is 0. The fourth-order valence-corrected chi connectivity index (χ4v) is 1.68. The van der Waals surface area contributed by atoms with E-state index in [1.54, 1.807) is 0 Å². The van der Waals surface area contributed by atoms with Crippen molar-refractivity contribution in [3.8, 4) is 0 Å². The van der Waals surface area contributed by atoms with Crippen LogP contribution in [0.15, 0.2) is 35.3 Å². The molecule has 0 atom stereocenters. The van der Waals surface area contributed by atoms with Crippen LogP contribution in [0.4, 0.5) is 52.7 Å². The van der Waals surface area contributed by atoms with Gasteiger partial charge in [0, 0.05) is 6.21 Å². The van der Waals surface area contributed by atoms with Gasteiger partial charge in [0.25, 0.3) is 0 Å². The van der Waals surface area contributed by atoms with Gasteiger partial charge in [0.2, 0.25) is 0 Å². The molecule has 0 aliphatic carbocycles. The molecule has 0 heterocycles. The molecule has 0 saturated heterocycles. The molecule has 0 amide bonds. The molecule has 0 aliphatic heterocycles. The van der Waals surface area contributed by atoms with Crippen molar-refractivity contribution in [2.45, 2.75) is 36.0 Å². The second-order valence-electron chi connectivity index (χ2n) is 5.23. The van der Waals surface area contributed by atoms with Crippen molar-refractivity contribution < 1.29 is 52.7 Å². The van der Waals surface area contributed by atoms with Gasteiger partial charge in [0.05, 0.1) is 0 Å². The summed E-state index contributed by atoms with van der Waals surface area (Å²) in [5, 5.41) is 0. The van der Waals surface area contributed by atoms with Gasteiger partial charge in [0.15, 0.2) is 0 Å². The van der Waals surface area contributed by atoms with Crippen LogP contribution < -0.4 is 0 Å². The minimum Gasteiger partial charge on any atom is -0.286 e. The maximum absolute atomic E-state index is 13.4. The minimum absolute atomic E-state index is 0.0398. The zero-order valence-electron chi connectivity index (χ0n) is 12.7. The van der Waals surface area contributed by atoms with Crippen LogP contribution in [0.1, 0.15) is 5.56 Å². The smallest absolute Gasteiger partial charge is 0.286 e. The van der Waals surface area contributed by atoms with Crippen molar-refractivity contribution in [2.24, 2.45) is 4.99 Å². The number of benzene rings is 1. The Labute approximate surface area is 143 Å². The average molecular weight is 419 g/mol. The van der Waals surface area contributed by atoms with E-state index in [4.69, 9.17) is 0 Å². The number of hydrogen-bond acceptors (Lipinski definition) is 1. The van der Waals surface area contributed by atoms with Gasteiger partial charge in [-0.2, -0.15) is 43.9 Å². The molecule has 154 valence electrons. The molecule has 0 aliphatic rings. The maximum Gasteiger partial charge on any atom is 0.384 e. The Kier molecular flexibility index (Phi) is 6.18. The summed E-state index contributed by atoms with van der Waals surface area (Å²) in [6.45, 7) is -2.50. The molecular formula is C14H9F12N. The summed E-state index contributed by atoms with van der Waals surface area (Å²) >= 11 is 0. The van der Waals surface area contributed by atoms with E-state index in [-0.39, 0.29) is 5.56 Å². The van der Waals surface area contributed by atoms with Gasteiger partial charge in [0.1, 0.15) is 6.54 Å². The Morgan fingerprint density at radius 1 is 0.741 bits per heavy atom. The van der Waals surface area contributed by atoms with E-state index in [0.29, 0.717) is 6.21 Å². The Hall–Kier alpha value is -1.95. The van der Waals surface area contributed by atoms with E-state index in [1.807, 2.05) is 0 Å². The van der Waals surface area contributed by atoms with Gasteiger partial charge < -0.3 is 0 Å². The molecule has 0 bridgehead atoms. The lowest BCUT2D eigenvalue weighted by Gasteiger charge is -2.38. The Morgan fingerprint density at radius 2 is 1.22 bits per heavy atom. The standard InChI is InChI=1S/C14H9F12N/c15-9(16)11(19,20)13(23,24)14(25,26)12(21,22)10(17,18)7-27-6-8-4-2-1-3-5-8/h1-6,9H,7H2. The molecule has 1 aromatic carbocycles. The van der Waals surface area contributed by atoms with Gasteiger partial charge in [-0.1, -0.05) is 30.3 Å². The summed E-state index contributed by atoms with van der Waals surface area (Å²) in [6, 6.07) is 6.63. The van der Waals surface area contributed by atoms with Crippen LogP contribution in [0, 0.1) is 0 Å². The van der Waals surface area contributed by atoms with Gasteiger partial charge in [-0.3, -0.25) is 4.99 Å². The quantitative estimate of drug-likeness (QED) is 0.387. The lowest BCUT2D eigenvalue weighted by Crippen LogP contribution is -2.69. The third-order valence-electron chi connectivity index (χ3n) is 3.27.